The highest BCUT2D eigenvalue weighted by molar-refractivity contribution is 5.14. The van der Waals surface area contributed by atoms with Crippen LogP contribution in [0.15, 0.2) is 30.3 Å². The smallest absolute Gasteiger partial charge is 0.0484 e. The molecule has 12 heavy (non-hydrogen) atoms. The Labute approximate surface area is 73.2 Å². The van der Waals surface area contributed by atoms with E-state index in [4.69, 9.17) is 0 Å². The molecule has 0 aliphatic carbocycles. The van der Waals surface area contributed by atoms with Gasteiger partial charge in [0.05, 0.1) is 0 Å². The van der Waals surface area contributed by atoms with Crippen molar-refractivity contribution in [3.63, 3.8) is 0 Å². The quantitative estimate of drug-likeness (QED) is 0.699. The molecule has 1 aromatic rings. The molecule has 1 saturated heterocycles. The fourth-order valence-electron chi connectivity index (χ4n) is 1.53. The Morgan fingerprint density at radius 2 is 2.08 bits per heavy atom. The van der Waals surface area contributed by atoms with Crippen molar-refractivity contribution in [2.24, 2.45) is 0 Å². The van der Waals surface area contributed by atoms with Crippen molar-refractivity contribution >= 4 is 0 Å². The van der Waals surface area contributed by atoms with Gasteiger partial charge in [0.25, 0.3) is 0 Å². The van der Waals surface area contributed by atoms with E-state index in [9.17, 15) is 0 Å². The Kier molecular flexibility index (Phi) is 2.39. The van der Waals surface area contributed by atoms with Gasteiger partial charge in [-0.3, -0.25) is 4.90 Å². The second kappa shape index (κ2) is 3.70. The Morgan fingerprint density at radius 1 is 1.25 bits per heavy atom. The minimum Gasteiger partial charge on any atom is -0.303 e. The molecular weight excluding hydrogens is 148 g/mol. The van der Waals surface area contributed by atoms with E-state index in [-0.39, 0.29) is 0 Å². The van der Waals surface area contributed by atoms with E-state index in [1.54, 1.807) is 0 Å². The summed E-state index contributed by atoms with van der Waals surface area (Å²) in [6, 6.07) is 10.6. The number of nitrogens with zero attached hydrogens (tertiary/aromatic N) is 1. The van der Waals surface area contributed by atoms with Crippen LogP contribution in [0.5, 0.6) is 0 Å². The molecule has 0 saturated carbocycles. The zero-order valence-corrected chi connectivity index (χ0v) is 7.16. The summed E-state index contributed by atoms with van der Waals surface area (Å²) in [7, 11) is 0. The lowest BCUT2D eigenvalue weighted by Crippen LogP contribution is -2.21. The zero-order chi connectivity index (χ0) is 8.23. The van der Waals surface area contributed by atoms with Crippen molar-refractivity contribution in [1.82, 2.24) is 10.2 Å². The molecule has 0 atom stereocenters. The van der Waals surface area contributed by atoms with Crippen LogP contribution >= 0.6 is 0 Å². The Balaban J connectivity index is 1.94. The molecule has 64 valence electrons. The summed E-state index contributed by atoms with van der Waals surface area (Å²) in [5.41, 5.74) is 1.40. The first-order chi connectivity index (χ1) is 5.95. The minimum atomic E-state index is 1.04. The van der Waals surface area contributed by atoms with Crippen LogP contribution in [0.3, 0.4) is 0 Å². The number of rotatable bonds is 2. The van der Waals surface area contributed by atoms with Crippen molar-refractivity contribution < 1.29 is 0 Å². The molecule has 1 heterocycles. The molecule has 0 bridgehead atoms. The normalized spacial score (nSPS) is 18.3. The number of hydrogen-bond acceptors (Lipinski definition) is 2. The Bertz CT molecular complexity index is 227. The fourth-order valence-corrected chi connectivity index (χ4v) is 1.53. The van der Waals surface area contributed by atoms with Gasteiger partial charge in [-0.1, -0.05) is 30.3 Å². The lowest BCUT2D eigenvalue weighted by atomic mass is 10.2. The molecule has 2 rings (SSSR count). The van der Waals surface area contributed by atoms with E-state index < -0.39 is 0 Å². The molecule has 0 radical (unpaired) electrons. The topological polar surface area (TPSA) is 15.3 Å². The maximum absolute atomic E-state index is 3.32. The molecule has 0 amide bonds. The number of nitrogens with one attached hydrogen (secondary N) is 1. The molecule has 1 aromatic carbocycles. The first-order valence-electron chi connectivity index (χ1n) is 4.42. The average molecular weight is 162 g/mol. The third kappa shape index (κ3) is 1.84. The molecule has 0 aromatic heterocycles. The molecule has 1 N–H and O–H groups in total. The zero-order valence-electron chi connectivity index (χ0n) is 7.16. The van der Waals surface area contributed by atoms with Gasteiger partial charge in [0, 0.05) is 26.3 Å². The summed E-state index contributed by atoms with van der Waals surface area (Å²) in [6.45, 7) is 4.42. The van der Waals surface area contributed by atoms with Gasteiger partial charge in [0.1, 0.15) is 0 Å². The summed E-state index contributed by atoms with van der Waals surface area (Å²) in [6.07, 6.45) is 0. The highest BCUT2D eigenvalue weighted by atomic mass is 15.3. The molecule has 1 fully saturated rings. The van der Waals surface area contributed by atoms with Crippen LogP contribution in [0.2, 0.25) is 0 Å². The van der Waals surface area contributed by atoms with E-state index in [2.05, 4.69) is 40.5 Å². The second-order valence-electron chi connectivity index (χ2n) is 3.20. The predicted molar refractivity (Wildman–Crippen MR) is 49.7 cm³/mol. The largest absolute Gasteiger partial charge is 0.303 e. The van der Waals surface area contributed by atoms with Crippen LogP contribution in [0.4, 0.5) is 0 Å². The highest BCUT2D eigenvalue weighted by Crippen LogP contribution is 2.04. The van der Waals surface area contributed by atoms with Gasteiger partial charge in [-0.2, -0.15) is 0 Å². The maximum atomic E-state index is 3.32. The first-order valence-corrected chi connectivity index (χ1v) is 4.42. The summed E-state index contributed by atoms with van der Waals surface area (Å²) in [5.74, 6) is 0. The van der Waals surface area contributed by atoms with Gasteiger partial charge in [0.15, 0.2) is 0 Å². The van der Waals surface area contributed by atoms with Crippen molar-refractivity contribution in [2.45, 2.75) is 6.54 Å². The SMILES string of the molecule is c1ccc(CN2CCNC2)cc1. The van der Waals surface area contributed by atoms with Crippen molar-refractivity contribution in [3.05, 3.63) is 35.9 Å². The van der Waals surface area contributed by atoms with Crippen LogP contribution in [-0.2, 0) is 6.54 Å². The molecular formula is C10H14N2. The van der Waals surface area contributed by atoms with Crippen LogP contribution in [0.25, 0.3) is 0 Å². The van der Waals surface area contributed by atoms with Crippen LogP contribution in [0.1, 0.15) is 5.56 Å². The van der Waals surface area contributed by atoms with Gasteiger partial charge in [-0.05, 0) is 5.56 Å². The highest BCUT2D eigenvalue weighted by Gasteiger charge is 2.09. The summed E-state index contributed by atoms with van der Waals surface area (Å²) in [4.78, 5) is 2.41. The predicted octanol–water partition coefficient (Wildman–Crippen LogP) is 1.05. The Morgan fingerprint density at radius 3 is 2.75 bits per heavy atom. The van der Waals surface area contributed by atoms with E-state index in [1.807, 2.05) is 0 Å². The van der Waals surface area contributed by atoms with Crippen LogP contribution in [0, 0.1) is 0 Å². The standard InChI is InChI=1S/C10H14N2/c1-2-4-10(5-3-1)8-12-7-6-11-9-12/h1-5,11H,6-9H2. The lowest BCUT2D eigenvalue weighted by molar-refractivity contribution is 0.327. The summed E-state index contributed by atoms with van der Waals surface area (Å²) >= 11 is 0. The number of hydrogen-bond donors (Lipinski definition) is 1. The van der Waals surface area contributed by atoms with Gasteiger partial charge in [-0.25, -0.2) is 0 Å². The molecule has 2 heteroatoms. The van der Waals surface area contributed by atoms with Gasteiger partial charge < -0.3 is 5.32 Å². The van der Waals surface area contributed by atoms with Gasteiger partial charge >= 0.3 is 0 Å². The van der Waals surface area contributed by atoms with Gasteiger partial charge in [-0.15, -0.1) is 0 Å². The van der Waals surface area contributed by atoms with Gasteiger partial charge in [0.2, 0.25) is 0 Å². The van der Waals surface area contributed by atoms with Crippen LogP contribution < -0.4 is 5.32 Å². The molecule has 0 spiro atoms. The van der Waals surface area contributed by atoms with Crippen LogP contribution in [-0.4, -0.2) is 24.7 Å². The third-order valence-electron chi connectivity index (χ3n) is 2.19. The summed E-state index contributed by atoms with van der Waals surface area (Å²) in [5, 5.41) is 3.32. The first kappa shape index (κ1) is 7.77. The second-order valence-corrected chi connectivity index (χ2v) is 3.20. The maximum Gasteiger partial charge on any atom is 0.0484 e. The van der Waals surface area contributed by atoms with E-state index in [1.165, 1.54) is 12.1 Å². The van der Waals surface area contributed by atoms with Crippen molar-refractivity contribution in [2.75, 3.05) is 19.8 Å². The monoisotopic (exact) mass is 162 g/mol. The average Bonchev–Trinajstić information content (AvgIpc) is 2.59. The molecule has 1 aliphatic heterocycles. The van der Waals surface area contributed by atoms with E-state index >= 15 is 0 Å². The fraction of sp³-hybridized carbons (Fsp3) is 0.400. The molecule has 2 nitrogen and oxygen atoms in total. The Hall–Kier alpha value is -0.860. The van der Waals surface area contributed by atoms with E-state index in [0.717, 1.165) is 19.8 Å². The van der Waals surface area contributed by atoms with Crippen molar-refractivity contribution in [1.29, 1.82) is 0 Å². The molecule has 0 unspecified atom stereocenters. The van der Waals surface area contributed by atoms with E-state index in [0.29, 0.717) is 0 Å². The lowest BCUT2D eigenvalue weighted by Gasteiger charge is -2.12. The molecule has 1 aliphatic rings. The third-order valence-corrected chi connectivity index (χ3v) is 2.19. The summed E-state index contributed by atoms with van der Waals surface area (Å²) < 4.78 is 0. The number of benzene rings is 1. The van der Waals surface area contributed by atoms with Crippen molar-refractivity contribution in [3.8, 4) is 0 Å². The minimum absolute atomic E-state index is 1.04.